The first-order chi connectivity index (χ1) is 6.68. The largest absolute Gasteiger partial charge is 0.316 e. The summed E-state index contributed by atoms with van der Waals surface area (Å²) in [5, 5.41) is 4.81. The average molecular weight is 217 g/mol. The van der Waals surface area contributed by atoms with Crippen LogP contribution >= 0.6 is 11.3 Å². The van der Waals surface area contributed by atoms with Gasteiger partial charge in [-0.15, -0.1) is 11.3 Å². The topological polar surface area (TPSA) is 12.0 Å². The highest BCUT2D eigenvalue weighted by molar-refractivity contribution is 7.10. The molecule has 1 aliphatic rings. The highest BCUT2D eigenvalue weighted by Gasteiger charge is 2.36. The van der Waals surface area contributed by atoms with E-state index in [2.05, 4.69) is 5.32 Å². The fraction of sp³-hybridized carbons (Fsp3) is 0.600. The highest BCUT2D eigenvalue weighted by Crippen LogP contribution is 2.38. The molecule has 78 valence electrons. The maximum atomic E-state index is 13.6. The molecule has 1 unspecified atom stereocenters. The second kappa shape index (κ2) is 3.95. The van der Waals surface area contributed by atoms with E-state index < -0.39 is 5.92 Å². The van der Waals surface area contributed by atoms with Gasteiger partial charge in [0.2, 0.25) is 0 Å². The third-order valence-electron chi connectivity index (χ3n) is 2.59. The third kappa shape index (κ3) is 2.12. The van der Waals surface area contributed by atoms with Crippen LogP contribution in [0.5, 0.6) is 0 Å². The minimum absolute atomic E-state index is 0.0134. The van der Waals surface area contributed by atoms with Crippen molar-refractivity contribution in [1.29, 1.82) is 0 Å². The standard InChI is InChI=1S/C10H13F2NS/c11-10(12,9-2-1-5-14-9)6-8-3-4-13-7-8/h1-2,5,8,13H,3-4,6-7H2. The zero-order valence-electron chi connectivity index (χ0n) is 7.80. The van der Waals surface area contributed by atoms with E-state index in [1.807, 2.05) is 0 Å². The van der Waals surface area contributed by atoms with Crippen molar-refractivity contribution in [3.63, 3.8) is 0 Å². The summed E-state index contributed by atoms with van der Waals surface area (Å²) in [4.78, 5) is 0.199. The number of thiophene rings is 1. The molecule has 14 heavy (non-hydrogen) atoms. The summed E-state index contributed by atoms with van der Waals surface area (Å²) in [5.41, 5.74) is 0. The lowest BCUT2D eigenvalue weighted by atomic mass is 9.99. The van der Waals surface area contributed by atoms with Crippen molar-refractivity contribution in [3.05, 3.63) is 22.4 Å². The number of rotatable bonds is 3. The molecule has 1 nitrogen and oxygen atoms in total. The smallest absolute Gasteiger partial charge is 0.282 e. The molecule has 0 bridgehead atoms. The van der Waals surface area contributed by atoms with Gasteiger partial charge in [-0.1, -0.05) is 6.07 Å². The van der Waals surface area contributed by atoms with E-state index >= 15 is 0 Å². The maximum Gasteiger partial charge on any atom is 0.282 e. The van der Waals surface area contributed by atoms with Crippen molar-refractivity contribution < 1.29 is 8.78 Å². The molecule has 1 saturated heterocycles. The molecule has 4 heteroatoms. The Morgan fingerprint density at radius 2 is 2.43 bits per heavy atom. The Morgan fingerprint density at radius 1 is 1.57 bits per heavy atom. The van der Waals surface area contributed by atoms with E-state index in [1.165, 1.54) is 6.07 Å². The van der Waals surface area contributed by atoms with E-state index in [0.717, 1.165) is 30.8 Å². The number of alkyl halides is 2. The summed E-state index contributed by atoms with van der Waals surface area (Å²) in [7, 11) is 0. The van der Waals surface area contributed by atoms with E-state index in [4.69, 9.17) is 0 Å². The first-order valence-electron chi connectivity index (χ1n) is 4.81. The lowest BCUT2D eigenvalue weighted by Crippen LogP contribution is -2.19. The Labute approximate surface area is 86.1 Å². The summed E-state index contributed by atoms with van der Waals surface area (Å²) in [6, 6.07) is 3.20. The van der Waals surface area contributed by atoms with Crippen molar-refractivity contribution in [1.82, 2.24) is 5.32 Å². The van der Waals surface area contributed by atoms with Crippen molar-refractivity contribution >= 4 is 11.3 Å². The molecule has 1 fully saturated rings. The van der Waals surface area contributed by atoms with E-state index in [1.54, 1.807) is 11.4 Å². The first kappa shape index (κ1) is 10.1. The predicted molar refractivity (Wildman–Crippen MR) is 53.8 cm³/mol. The van der Waals surface area contributed by atoms with Gasteiger partial charge in [0.25, 0.3) is 5.92 Å². The van der Waals surface area contributed by atoms with Gasteiger partial charge in [0.05, 0.1) is 4.88 Å². The van der Waals surface area contributed by atoms with Crippen molar-refractivity contribution in [2.24, 2.45) is 5.92 Å². The maximum absolute atomic E-state index is 13.6. The fourth-order valence-electron chi connectivity index (χ4n) is 1.84. The number of nitrogens with one attached hydrogen (secondary N) is 1. The van der Waals surface area contributed by atoms with E-state index in [-0.39, 0.29) is 17.2 Å². The second-order valence-electron chi connectivity index (χ2n) is 3.74. The van der Waals surface area contributed by atoms with Crippen LogP contribution in [-0.4, -0.2) is 13.1 Å². The molecule has 0 aliphatic carbocycles. The highest BCUT2D eigenvalue weighted by atomic mass is 32.1. The Morgan fingerprint density at radius 3 is 3.00 bits per heavy atom. The molecule has 0 amide bonds. The molecule has 1 aromatic heterocycles. The second-order valence-corrected chi connectivity index (χ2v) is 4.69. The summed E-state index contributed by atoms with van der Waals surface area (Å²) >= 11 is 1.14. The minimum atomic E-state index is -2.63. The normalized spacial score (nSPS) is 22.9. The molecule has 1 atom stereocenters. The lowest BCUT2D eigenvalue weighted by molar-refractivity contribution is -0.0231. The van der Waals surface area contributed by atoms with Gasteiger partial charge in [-0.25, -0.2) is 8.78 Å². The van der Waals surface area contributed by atoms with Gasteiger partial charge in [-0.05, 0) is 36.9 Å². The molecular weight excluding hydrogens is 204 g/mol. The molecule has 0 saturated carbocycles. The Kier molecular flexibility index (Phi) is 2.83. The molecule has 1 aliphatic heterocycles. The molecule has 0 radical (unpaired) electrons. The Hall–Kier alpha value is -0.480. The van der Waals surface area contributed by atoms with Crippen LogP contribution in [0.2, 0.25) is 0 Å². The van der Waals surface area contributed by atoms with Crippen molar-refractivity contribution in [2.45, 2.75) is 18.8 Å². The van der Waals surface area contributed by atoms with E-state index in [0.29, 0.717) is 0 Å². The molecule has 2 heterocycles. The number of hydrogen-bond acceptors (Lipinski definition) is 2. The monoisotopic (exact) mass is 217 g/mol. The van der Waals surface area contributed by atoms with Crippen LogP contribution in [0.1, 0.15) is 17.7 Å². The van der Waals surface area contributed by atoms with Gasteiger partial charge in [-0.3, -0.25) is 0 Å². The Balaban J connectivity index is 2.01. The zero-order chi connectivity index (χ0) is 10.0. The first-order valence-corrected chi connectivity index (χ1v) is 5.69. The van der Waals surface area contributed by atoms with Crippen molar-refractivity contribution in [2.75, 3.05) is 13.1 Å². The minimum Gasteiger partial charge on any atom is -0.316 e. The van der Waals surface area contributed by atoms with Gasteiger partial charge in [-0.2, -0.15) is 0 Å². The van der Waals surface area contributed by atoms with Gasteiger partial charge >= 0.3 is 0 Å². The fourth-order valence-corrected chi connectivity index (χ4v) is 2.56. The summed E-state index contributed by atoms with van der Waals surface area (Å²) in [6.07, 6.45) is 0.863. The predicted octanol–water partition coefficient (Wildman–Crippen LogP) is 2.84. The molecule has 0 spiro atoms. The van der Waals surface area contributed by atoms with Gasteiger partial charge in [0.15, 0.2) is 0 Å². The number of halogens is 2. The van der Waals surface area contributed by atoms with Gasteiger partial charge in [0.1, 0.15) is 0 Å². The molecule has 0 aromatic carbocycles. The van der Waals surface area contributed by atoms with Crippen LogP contribution in [-0.2, 0) is 5.92 Å². The molecule has 2 rings (SSSR count). The van der Waals surface area contributed by atoms with Crippen LogP contribution in [0, 0.1) is 5.92 Å². The van der Waals surface area contributed by atoms with Crippen LogP contribution in [0.3, 0.4) is 0 Å². The summed E-state index contributed by atoms with van der Waals surface area (Å²) in [5.74, 6) is -2.50. The third-order valence-corrected chi connectivity index (χ3v) is 3.57. The SMILES string of the molecule is FC(F)(CC1CCNC1)c1cccs1. The molecular formula is C10H13F2NS. The number of hydrogen-bond donors (Lipinski definition) is 1. The lowest BCUT2D eigenvalue weighted by Gasteiger charge is -2.18. The van der Waals surface area contributed by atoms with Crippen LogP contribution in [0.15, 0.2) is 17.5 Å². The Bertz CT molecular complexity index is 278. The quantitative estimate of drug-likeness (QED) is 0.821. The molecule has 1 N–H and O–H groups in total. The van der Waals surface area contributed by atoms with Crippen LogP contribution < -0.4 is 5.32 Å². The summed E-state index contributed by atoms with van der Waals surface area (Å²) in [6.45, 7) is 1.62. The molecule has 1 aromatic rings. The van der Waals surface area contributed by atoms with Gasteiger partial charge in [0, 0.05) is 6.42 Å². The van der Waals surface area contributed by atoms with E-state index in [9.17, 15) is 8.78 Å². The van der Waals surface area contributed by atoms with Crippen molar-refractivity contribution in [3.8, 4) is 0 Å². The zero-order valence-corrected chi connectivity index (χ0v) is 8.62. The van der Waals surface area contributed by atoms with Crippen LogP contribution in [0.4, 0.5) is 8.78 Å². The summed E-state index contributed by atoms with van der Waals surface area (Å²) < 4.78 is 27.2. The van der Waals surface area contributed by atoms with Gasteiger partial charge < -0.3 is 5.32 Å². The van der Waals surface area contributed by atoms with Crippen LogP contribution in [0.25, 0.3) is 0 Å². The average Bonchev–Trinajstić information content (AvgIpc) is 2.71.